The number of nitrogens with zero attached hydrogens (tertiary/aromatic N) is 2. The van der Waals surface area contributed by atoms with E-state index in [-0.39, 0.29) is 31.3 Å². The molecular formula is C16H21ClN2O4S. The molecule has 1 N–H and O–H groups in total. The molecule has 0 aliphatic rings. The van der Waals surface area contributed by atoms with Gasteiger partial charge in [-0.15, -0.1) is 0 Å². The number of aryl methyl sites for hydroxylation is 1. The van der Waals surface area contributed by atoms with E-state index in [2.05, 4.69) is 5.10 Å². The minimum absolute atomic E-state index is 0.0533. The second kappa shape index (κ2) is 8.62. The fraction of sp³-hybridized carbons (Fsp3) is 0.438. The molecule has 0 fully saturated rings. The van der Waals surface area contributed by atoms with Crippen molar-refractivity contribution in [1.82, 2.24) is 9.78 Å². The molecule has 0 spiro atoms. The van der Waals surface area contributed by atoms with Gasteiger partial charge >= 0.3 is 0 Å². The third-order valence-corrected chi connectivity index (χ3v) is 5.44. The Bertz CT molecular complexity index is 760. The quantitative estimate of drug-likeness (QED) is 0.679. The molecule has 0 unspecified atom stereocenters. The maximum absolute atomic E-state index is 12.2. The zero-order valence-electron chi connectivity index (χ0n) is 13.5. The minimum Gasteiger partial charge on any atom is -0.394 e. The van der Waals surface area contributed by atoms with Gasteiger partial charge in [-0.3, -0.25) is 0 Å². The summed E-state index contributed by atoms with van der Waals surface area (Å²) in [5, 5.41) is 13.3. The molecule has 132 valence electrons. The molecule has 0 atom stereocenters. The Balaban J connectivity index is 2.08. The van der Waals surface area contributed by atoms with Gasteiger partial charge < -0.3 is 9.84 Å². The molecule has 0 saturated carbocycles. The van der Waals surface area contributed by atoms with Crippen molar-refractivity contribution in [1.29, 1.82) is 0 Å². The van der Waals surface area contributed by atoms with Gasteiger partial charge in [0.15, 0.2) is 9.84 Å². The topological polar surface area (TPSA) is 81.4 Å². The lowest BCUT2D eigenvalue weighted by Crippen LogP contribution is -2.16. The number of aromatic nitrogens is 2. The summed E-state index contributed by atoms with van der Waals surface area (Å²) >= 11 is 6.34. The van der Waals surface area contributed by atoms with E-state index in [1.807, 2.05) is 30.3 Å². The van der Waals surface area contributed by atoms with Crippen molar-refractivity contribution in [3.63, 3.8) is 0 Å². The SMILES string of the molecule is Cc1nn(Cc2ccccc2)c(Cl)c1CS(=O)(=O)CCOCCO. The molecule has 0 aliphatic carbocycles. The number of sulfone groups is 1. The number of benzene rings is 1. The second-order valence-electron chi connectivity index (χ2n) is 5.43. The zero-order chi connectivity index (χ0) is 17.6. The summed E-state index contributed by atoms with van der Waals surface area (Å²) in [6, 6.07) is 9.70. The molecule has 1 aromatic heterocycles. The monoisotopic (exact) mass is 372 g/mol. The second-order valence-corrected chi connectivity index (χ2v) is 7.97. The number of halogens is 1. The lowest BCUT2D eigenvalue weighted by atomic mass is 10.2. The van der Waals surface area contributed by atoms with Crippen molar-refractivity contribution >= 4 is 21.4 Å². The zero-order valence-corrected chi connectivity index (χ0v) is 15.1. The molecule has 2 rings (SSSR count). The molecule has 2 aromatic rings. The van der Waals surface area contributed by atoms with Crippen LogP contribution in [0.3, 0.4) is 0 Å². The number of ether oxygens (including phenoxy) is 1. The first-order valence-corrected chi connectivity index (χ1v) is 9.77. The highest BCUT2D eigenvalue weighted by atomic mass is 35.5. The molecule has 8 heteroatoms. The van der Waals surface area contributed by atoms with Crippen molar-refractivity contribution in [2.45, 2.75) is 19.2 Å². The first kappa shape index (κ1) is 18.9. The molecule has 0 aliphatic heterocycles. The van der Waals surface area contributed by atoms with E-state index < -0.39 is 9.84 Å². The van der Waals surface area contributed by atoms with E-state index in [1.54, 1.807) is 11.6 Å². The lowest BCUT2D eigenvalue weighted by molar-refractivity contribution is 0.103. The highest BCUT2D eigenvalue weighted by molar-refractivity contribution is 7.90. The average molecular weight is 373 g/mol. The summed E-state index contributed by atoms with van der Waals surface area (Å²) in [4.78, 5) is 0. The first-order chi connectivity index (χ1) is 11.4. The predicted molar refractivity (Wildman–Crippen MR) is 92.9 cm³/mol. The van der Waals surface area contributed by atoms with Crippen LogP contribution in [0.15, 0.2) is 30.3 Å². The fourth-order valence-corrected chi connectivity index (χ4v) is 3.94. The smallest absolute Gasteiger partial charge is 0.156 e. The lowest BCUT2D eigenvalue weighted by Gasteiger charge is -2.06. The Hall–Kier alpha value is -1.41. The highest BCUT2D eigenvalue weighted by Crippen LogP contribution is 2.23. The van der Waals surface area contributed by atoms with Crippen LogP contribution in [-0.4, -0.2) is 48.9 Å². The van der Waals surface area contributed by atoms with E-state index in [4.69, 9.17) is 21.4 Å². The summed E-state index contributed by atoms with van der Waals surface area (Å²) in [5.41, 5.74) is 2.17. The number of aliphatic hydroxyl groups excluding tert-OH is 1. The summed E-state index contributed by atoms with van der Waals surface area (Å²) in [5.74, 6) is -0.290. The average Bonchev–Trinajstić information content (AvgIpc) is 2.80. The van der Waals surface area contributed by atoms with Gasteiger partial charge in [-0.1, -0.05) is 41.9 Å². The summed E-state index contributed by atoms with van der Waals surface area (Å²) in [7, 11) is -3.36. The summed E-state index contributed by atoms with van der Waals surface area (Å²) in [6.45, 7) is 2.29. The maximum Gasteiger partial charge on any atom is 0.156 e. The maximum atomic E-state index is 12.2. The largest absolute Gasteiger partial charge is 0.394 e. The van der Waals surface area contributed by atoms with Gasteiger partial charge in [-0.05, 0) is 12.5 Å². The van der Waals surface area contributed by atoms with E-state index in [1.165, 1.54) is 0 Å². The number of rotatable bonds is 9. The van der Waals surface area contributed by atoms with Crippen molar-refractivity contribution in [3.05, 3.63) is 52.3 Å². The van der Waals surface area contributed by atoms with Gasteiger partial charge in [0.1, 0.15) is 5.15 Å². The van der Waals surface area contributed by atoms with Crippen molar-refractivity contribution < 1.29 is 18.3 Å². The third-order valence-electron chi connectivity index (χ3n) is 3.50. The Morgan fingerprint density at radius 2 is 1.96 bits per heavy atom. The number of aliphatic hydroxyl groups is 1. The van der Waals surface area contributed by atoms with Crippen LogP contribution in [0.25, 0.3) is 0 Å². The van der Waals surface area contributed by atoms with Gasteiger partial charge in [-0.25, -0.2) is 13.1 Å². The van der Waals surface area contributed by atoms with E-state index >= 15 is 0 Å². The van der Waals surface area contributed by atoms with E-state index in [0.29, 0.717) is 23.0 Å². The highest BCUT2D eigenvalue weighted by Gasteiger charge is 2.20. The Morgan fingerprint density at radius 1 is 1.25 bits per heavy atom. The van der Waals surface area contributed by atoms with Gasteiger partial charge in [0.05, 0.1) is 43.6 Å². The van der Waals surface area contributed by atoms with E-state index in [0.717, 1.165) is 5.56 Å². The van der Waals surface area contributed by atoms with Crippen LogP contribution >= 0.6 is 11.6 Å². The Labute approximate surface area is 146 Å². The molecule has 0 saturated heterocycles. The molecule has 0 bridgehead atoms. The molecule has 0 amide bonds. The molecule has 1 heterocycles. The van der Waals surface area contributed by atoms with Crippen LogP contribution in [0.1, 0.15) is 16.8 Å². The molecule has 0 radical (unpaired) electrons. The third kappa shape index (κ3) is 5.31. The first-order valence-electron chi connectivity index (χ1n) is 7.57. The van der Waals surface area contributed by atoms with Gasteiger partial charge in [0, 0.05) is 5.56 Å². The van der Waals surface area contributed by atoms with Gasteiger partial charge in [0.25, 0.3) is 0 Å². The van der Waals surface area contributed by atoms with Gasteiger partial charge in [0.2, 0.25) is 0 Å². The van der Waals surface area contributed by atoms with Crippen LogP contribution < -0.4 is 0 Å². The van der Waals surface area contributed by atoms with Crippen molar-refractivity contribution in [2.24, 2.45) is 0 Å². The fourth-order valence-electron chi connectivity index (χ4n) is 2.26. The van der Waals surface area contributed by atoms with Crippen molar-refractivity contribution in [2.75, 3.05) is 25.6 Å². The molecule has 6 nitrogen and oxygen atoms in total. The van der Waals surface area contributed by atoms with Crippen LogP contribution in [0.5, 0.6) is 0 Å². The predicted octanol–water partition coefficient (Wildman–Crippen LogP) is 1.82. The molecule has 1 aromatic carbocycles. The standard InChI is InChI=1S/C16H21ClN2O4S/c1-13-15(12-24(21,22)10-9-23-8-7-20)16(17)19(18-13)11-14-5-3-2-4-6-14/h2-6,20H,7-12H2,1H3. The minimum atomic E-state index is -3.36. The number of hydrogen-bond donors (Lipinski definition) is 1. The van der Waals surface area contributed by atoms with Crippen LogP contribution in [0.4, 0.5) is 0 Å². The van der Waals surface area contributed by atoms with Gasteiger partial charge in [-0.2, -0.15) is 5.10 Å². The normalized spacial score (nSPS) is 11.8. The Kier molecular flexibility index (Phi) is 6.79. The number of hydrogen-bond acceptors (Lipinski definition) is 5. The van der Waals surface area contributed by atoms with Crippen molar-refractivity contribution in [3.8, 4) is 0 Å². The van der Waals surface area contributed by atoms with E-state index in [9.17, 15) is 8.42 Å². The summed E-state index contributed by atoms with van der Waals surface area (Å²) in [6.07, 6.45) is 0. The molecular weight excluding hydrogens is 352 g/mol. The molecule has 24 heavy (non-hydrogen) atoms. The van der Waals surface area contributed by atoms with Crippen LogP contribution in [-0.2, 0) is 26.9 Å². The van der Waals surface area contributed by atoms with Crippen LogP contribution in [0, 0.1) is 6.92 Å². The summed E-state index contributed by atoms with van der Waals surface area (Å²) < 4.78 is 31.0. The van der Waals surface area contributed by atoms with Crippen LogP contribution in [0.2, 0.25) is 5.15 Å². The Morgan fingerprint density at radius 3 is 2.62 bits per heavy atom.